The van der Waals surface area contributed by atoms with Crippen molar-refractivity contribution < 1.29 is 4.74 Å². The average Bonchev–Trinajstić information content (AvgIpc) is 3.25. The van der Waals surface area contributed by atoms with E-state index in [4.69, 9.17) is 4.74 Å². The Hall–Kier alpha value is -1.69. The van der Waals surface area contributed by atoms with Crippen molar-refractivity contribution in [3.05, 3.63) is 12.7 Å². The molecule has 2 aliphatic rings. The summed E-state index contributed by atoms with van der Waals surface area (Å²) in [7, 11) is 0. The van der Waals surface area contributed by atoms with Crippen LogP contribution >= 0.6 is 0 Å². The van der Waals surface area contributed by atoms with E-state index in [2.05, 4.69) is 31.3 Å². The molecule has 2 fully saturated rings. The van der Waals surface area contributed by atoms with E-state index < -0.39 is 0 Å². The number of hydrogen-bond acceptors (Lipinski definition) is 5. The van der Waals surface area contributed by atoms with Crippen molar-refractivity contribution in [2.75, 3.05) is 18.1 Å². The van der Waals surface area contributed by atoms with E-state index in [1.165, 1.54) is 19.3 Å². The van der Waals surface area contributed by atoms with Gasteiger partial charge < -0.3 is 14.2 Å². The molecule has 2 atom stereocenters. The standard InChI is InChI=1S/C17H25N5O/c1-2-13-6-3-4-8-22(13)17-15-16(18-11-19-17)21(12-20-15)10-14-7-5-9-23-14/h11-14H,2-10H2,1H3. The summed E-state index contributed by atoms with van der Waals surface area (Å²) in [6.07, 6.45) is 11.1. The van der Waals surface area contributed by atoms with Crippen molar-refractivity contribution >= 4 is 17.0 Å². The second-order valence-corrected chi connectivity index (χ2v) is 6.65. The summed E-state index contributed by atoms with van der Waals surface area (Å²) in [5.74, 6) is 1.01. The van der Waals surface area contributed by atoms with Crippen LogP contribution in [0.25, 0.3) is 11.2 Å². The molecule has 0 aliphatic carbocycles. The van der Waals surface area contributed by atoms with Gasteiger partial charge in [-0.15, -0.1) is 0 Å². The first-order chi connectivity index (χ1) is 11.4. The maximum absolute atomic E-state index is 5.75. The molecule has 0 N–H and O–H groups in total. The smallest absolute Gasteiger partial charge is 0.165 e. The minimum atomic E-state index is 0.296. The third-order valence-electron chi connectivity index (χ3n) is 5.18. The first-order valence-electron chi connectivity index (χ1n) is 8.91. The Morgan fingerprint density at radius 3 is 2.96 bits per heavy atom. The van der Waals surface area contributed by atoms with Gasteiger partial charge in [0, 0.05) is 19.2 Å². The molecule has 2 saturated heterocycles. The van der Waals surface area contributed by atoms with E-state index in [1.807, 2.05) is 6.33 Å². The zero-order valence-corrected chi connectivity index (χ0v) is 13.8. The highest BCUT2D eigenvalue weighted by Gasteiger charge is 2.25. The topological polar surface area (TPSA) is 56.1 Å². The summed E-state index contributed by atoms with van der Waals surface area (Å²) in [6, 6.07) is 0.574. The van der Waals surface area contributed by atoms with Gasteiger partial charge in [-0.1, -0.05) is 6.92 Å². The van der Waals surface area contributed by atoms with Crippen LogP contribution in [0.3, 0.4) is 0 Å². The van der Waals surface area contributed by atoms with Gasteiger partial charge in [-0.2, -0.15) is 0 Å². The lowest BCUT2D eigenvalue weighted by molar-refractivity contribution is 0.0978. The van der Waals surface area contributed by atoms with Crippen molar-refractivity contribution in [3.63, 3.8) is 0 Å². The lowest BCUT2D eigenvalue weighted by Crippen LogP contribution is -2.39. The largest absolute Gasteiger partial charge is 0.376 e. The summed E-state index contributed by atoms with van der Waals surface area (Å²) in [5.41, 5.74) is 1.87. The second kappa shape index (κ2) is 6.43. The third-order valence-corrected chi connectivity index (χ3v) is 5.18. The van der Waals surface area contributed by atoms with Gasteiger partial charge in [0.1, 0.15) is 6.33 Å². The number of piperidine rings is 1. The van der Waals surface area contributed by atoms with Crippen molar-refractivity contribution in [2.24, 2.45) is 0 Å². The van der Waals surface area contributed by atoms with E-state index >= 15 is 0 Å². The van der Waals surface area contributed by atoms with Crippen LogP contribution in [0.2, 0.25) is 0 Å². The highest BCUT2D eigenvalue weighted by molar-refractivity contribution is 5.83. The van der Waals surface area contributed by atoms with Crippen LogP contribution < -0.4 is 4.90 Å². The molecule has 23 heavy (non-hydrogen) atoms. The SMILES string of the molecule is CCC1CCCCN1c1ncnc2c1ncn2CC1CCCO1. The molecule has 6 heteroatoms. The predicted molar refractivity (Wildman–Crippen MR) is 89.6 cm³/mol. The highest BCUT2D eigenvalue weighted by Crippen LogP contribution is 2.29. The molecule has 2 unspecified atom stereocenters. The maximum Gasteiger partial charge on any atom is 0.165 e. The monoisotopic (exact) mass is 315 g/mol. The fraction of sp³-hybridized carbons (Fsp3) is 0.706. The molecule has 4 heterocycles. The number of imidazole rings is 1. The first-order valence-corrected chi connectivity index (χ1v) is 8.91. The Balaban J connectivity index is 1.66. The van der Waals surface area contributed by atoms with Gasteiger partial charge in [0.05, 0.1) is 19.0 Å². The van der Waals surface area contributed by atoms with Crippen molar-refractivity contribution in [3.8, 4) is 0 Å². The van der Waals surface area contributed by atoms with Crippen molar-refractivity contribution in [2.45, 2.75) is 64.1 Å². The molecule has 0 amide bonds. The molecule has 0 bridgehead atoms. The Morgan fingerprint density at radius 2 is 2.13 bits per heavy atom. The first kappa shape index (κ1) is 14.9. The Labute approximate surface area is 136 Å². The Bertz CT molecular complexity index is 664. The van der Waals surface area contributed by atoms with Crippen LogP contribution in [0.5, 0.6) is 0 Å². The van der Waals surface area contributed by atoms with E-state index in [-0.39, 0.29) is 0 Å². The van der Waals surface area contributed by atoms with E-state index in [9.17, 15) is 0 Å². The minimum Gasteiger partial charge on any atom is -0.376 e. The van der Waals surface area contributed by atoms with Crippen molar-refractivity contribution in [1.29, 1.82) is 0 Å². The molecule has 6 nitrogen and oxygen atoms in total. The van der Waals surface area contributed by atoms with Gasteiger partial charge in [-0.3, -0.25) is 0 Å². The van der Waals surface area contributed by atoms with Gasteiger partial charge in [0.2, 0.25) is 0 Å². The highest BCUT2D eigenvalue weighted by atomic mass is 16.5. The van der Waals surface area contributed by atoms with Gasteiger partial charge in [-0.05, 0) is 38.5 Å². The van der Waals surface area contributed by atoms with Crippen LogP contribution in [-0.4, -0.2) is 44.8 Å². The molecule has 4 rings (SSSR count). The fourth-order valence-corrected chi connectivity index (χ4v) is 3.92. The number of rotatable bonds is 4. The Morgan fingerprint density at radius 1 is 1.17 bits per heavy atom. The third kappa shape index (κ3) is 2.80. The fourth-order valence-electron chi connectivity index (χ4n) is 3.92. The molecule has 0 aromatic carbocycles. The normalized spacial score (nSPS) is 25.3. The molecule has 2 aromatic heterocycles. The molecule has 0 radical (unpaired) electrons. The van der Waals surface area contributed by atoms with Crippen LogP contribution in [-0.2, 0) is 11.3 Å². The average molecular weight is 315 g/mol. The molecule has 2 aromatic rings. The molecule has 124 valence electrons. The van der Waals surface area contributed by atoms with Crippen LogP contribution in [0.1, 0.15) is 45.4 Å². The Kier molecular flexibility index (Phi) is 4.16. The lowest BCUT2D eigenvalue weighted by Gasteiger charge is -2.36. The summed E-state index contributed by atoms with van der Waals surface area (Å²) < 4.78 is 7.88. The van der Waals surface area contributed by atoms with E-state index in [0.717, 1.165) is 55.9 Å². The van der Waals surface area contributed by atoms with E-state index in [1.54, 1.807) is 6.33 Å². The molecular formula is C17H25N5O. The maximum atomic E-state index is 5.75. The van der Waals surface area contributed by atoms with Gasteiger partial charge >= 0.3 is 0 Å². The van der Waals surface area contributed by atoms with Crippen LogP contribution in [0.4, 0.5) is 5.82 Å². The number of nitrogens with zero attached hydrogens (tertiary/aromatic N) is 5. The number of aromatic nitrogens is 4. The summed E-state index contributed by atoms with van der Waals surface area (Å²) >= 11 is 0. The zero-order chi connectivity index (χ0) is 15.6. The molecule has 2 aliphatic heterocycles. The number of ether oxygens (including phenoxy) is 1. The molecule has 0 saturated carbocycles. The number of anilines is 1. The van der Waals surface area contributed by atoms with Gasteiger partial charge in [0.25, 0.3) is 0 Å². The van der Waals surface area contributed by atoms with Crippen LogP contribution in [0.15, 0.2) is 12.7 Å². The summed E-state index contributed by atoms with van der Waals surface area (Å²) in [4.78, 5) is 16.2. The minimum absolute atomic E-state index is 0.296. The molecular weight excluding hydrogens is 290 g/mol. The second-order valence-electron chi connectivity index (χ2n) is 6.65. The van der Waals surface area contributed by atoms with Gasteiger partial charge in [-0.25, -0.2) is 15.0 Å². The van der Waals surface area contributed by atoms with Crippen molar-refractivity contribution in [1.82, 2.24) is 19.5 Å². The van der Waals surface area contributed by atoms with Gasteiger partial charge in [0.15, 0.2) is 17.0 Å². The molecule has 0 spiro atoms. The quantitative estimate of drug-likeness (QED) is 0.868. The lowest BCUT2D eigenvalue weighted by atomic mass is 10.00. The summed E-state index contributed by atoms with van der Waals surface area (Å²) in [6.45, 7) is 5.05. The van der Waals surface area contributed by atoms with E-state index in [0.29, 0.717) is 12.1 Å². The summed E-state index contributed by atoms with van der Waals surface area (Å²) in [5, 5.41) is 0. The predicted octanol–water partition coefficient (Wildman–Crippen LogP) is 2.77. The number of hydrogen-bond donors (Lipinski definition) is 0. The number of fused-ring (bicyclic) bond motifs is 1. The van der Waals surface area contributed by atoms with Crippen LogP contribution in [0, 0.1) is 0 Å². The zero-order valence-electron chi connectivity index (χ0n) is 13.8.